The Bertz CT molecular complexity index is 1510. The van der Waals surface area contributed by atoms with Crippen LogP contribution in [0.3, 0.4) is 0 Å². The van der Waals surface area contributed by atoms with E-state index in [1.807, 2.05) is 12.1 Å². The molecule has 1 saturated heterocycles. The van der Waals surface area contributed by atoms with Crippen molar-refractivity contribution in [1.82, 2.24) is 9.97 Å². The molecule has 0 aliphatic carbocycles. The van der Waals surface area contributed by atoms with E-state index < -0.39 is 10.0 Å². The van der Waals surface area contributed by atoms with Crippen LogP contribution in [-0.2, 0) is 21.2 Å². The Kier molecular flexibility index (Phi) is 8.89. The second-order valence-electron chi connectivity index (χ2n) is 9.31. The lowest BCUT2D eigenvalue weighted by Gasteiger charge is -2.30. The molecule has 1 aliphatic rings. The van der Waals surface area contributed by atoms with Crippen molar-refractivity contribution >= 4 is 61.9 Å². The lowest BCUT2D eigenvalue weighted by Crippen LogP contribution is -2.34. The van der Waals surface area contributed by atoms with E-state index in [0.29, 0.717) is 54.5 Å². The number of Topliss-reactive ketones (excluding diaryl/α,β-unsaturated/α-hetero) is 1. The van der Waals surface area contributed by atoms with E-state index in [-0.39, 0.29) is 22.6 Å². The van der Waals surface area contributed by atoms with Crippen molar-refractivity contribution in [2.45, 2.75) is 26.2 Å². The number of carbonyl (C=O) groups is 1. The summed E-state index contributed by atoms with van der Waals surface area (Å²) in [7, 11) is 0.990. The van der Waals surface area contributed by atoms with Gasteiger partial charge in [0.15, 0.2) is 5.82 Å². The van der Waals surface area contributed by atoms with Crippen LogP contribution in [0.4, 0.5) is 34.5 Å². The molecule has 13 heteroatoms. The molecule has 4 rings (SSSR count). The topological polar surface area (TPSA) is 126 Å². The summed E-state index contributed by atoms with van der Waals surface area (Å²) < 4.78 is 36.7. The zero-order valence-corrected chi connectivity index (χ0v) is 24.7. The van der Waals surface area contributed by atoms with Gasteiger partial charge >= 0.3 is 0 Å². The normalized spacial score (nSPS) is 13.7. The molecule has 0 bridgehead atoms. The lowest BCUT2D eigenvalue weighted by molar-refractivity contribution is -0.119. The summed E-state index contributed by atoms with van der Waals surface area (Å²) in [6.45, 7) is 3.43. The number of hydrogen-bond acceptors (Lipinski definition) is 10. The summed E-state index contributed by atoms with van der Waals surface area (Å²) >= 11 is 6.43. The number of rotatable bonds is 10. The smallest absolute Gasteiger partial charge is 0.232 e. The molecule has 2 heterocycles. The second-order valence-corrected chi connectivity index (χ2v) is 11.7. The van der Waals surface area contributed by atoms with Crippen LogP contribution in [0.15, 0.2) is 36.5 Å². The second kappa shape index (κ2) is 12.2. The first-order valence-electron chi connectivity index (χ1n) is 12.7. The first-order valence-corrected chi connectivity index (χ1v) is 14.9. The largest absolute Gasteiger partial charge is 0.497 e. The highest BCUT2D eigenvalue weighted by molar-refractivity contribution is 7.92. The number of piperidine rings is 1. The minimum atomic E-state index is -3.56. The van der Waals surface area contributed by atoms with Gasteiger partial charge in [-0.1, -0.05) is 18.5 Å². The molecule has 40 heavy (non-hydrogen) atoms. The third kappa shape index (κ3) is 6.50. The van der Waals surface area contributed by atoms with Crippen LogP contribution in [0.5, 0.6) is 11.5 Å². The maximum atomic E-state index is 12.3. The summed E-state index contributed by atoms with van der Waals surface area (Å²) in [4.78, 5) is 22.8. The fraction of sp³-hybridized carbons (Fsp3) is 0.370. The number of aryl methyl sites for hydroxylation is 1. The van der Waals surface area contributed by atoms with E-state index in [4.69, 9.17) is 21.1 Å². The van der Waals surface area contributed by atoms with E-state index in [1.165, 1.54) is 20.4 Å². The third-order valence-corrected chi connectivity index (χ3v) is 8.20. The predicted molar refractivity (Wildman–Crippen MR) is 159 cm³/mol. The number of ketones is 1. The van der Waals surface area contributed by atoms with Gasteiger partial charge in [0.25, 0.3) is 0 Å². The molecule has 0 unspecified atom stereocenters. The molecular formula is C27H33ClN6O5S. The molecule has 214 valence electrons. The van der Waals surface area contributed by atoms with E-state index in [0.717, 1.165) is 28.2 Å². The summed E-state index contributed by atoms with van der Waals surface area (Å²) in [6, 6.07) is 8.96. The molecule has 1 aromatic heterocycles. The van der Waals surface area contributed by atoms with Crippen molar-refractivity contribution in [3.63, 3.8) is 0 Å². The molecule has 0 atom stereocenters. The molecule has 0 saturated carbocycles. The quantitative estimate of drug-likeness (QED) is 0.342. The van der Waals surface area contributed by atoms with Gasteiger partial charge in [-0.15, -0.1) is 0 Å². The minimum absolute atomic E-state index is 0.241. The molecule has 1 aliphatic heterocycles. The first kappa shape index (κ1) is 29.2. The fourth-order valence-corrected chi connectivity index (χ4v) is 5.05. The van der Waals surface area contributed by atoms with Gasteiger partial charge in [0.2, 0.25) is 16.0 Å². The van der Waals surface area contributed by atoms with Gasteiger partial charge in [-0.2, -0.15) is 4.98 Å². The average Bonchev–Trinajstić information content (AvgIpc) is 2.94. The number of nitrogens with zero attached hydrogens (tertiary/aromatic N) is 4. The number of hydrogen-bond donors (Lipinski definition) is 2. The van der Waals surface area contributed by atoms with Crippen molar-refractivity contribution in [2.24, 2.45) is 0 Å². The van der Waals surface area contributed by atoms with Gasteiger partial charge in [0.1, 0.15) is 22.3 Å². The standard InChI is InChI=1S/C27H33ClN6O5S/c1-6-17-13-22(25(39-4)15-23(17)34-11-9-18(35)10-12-34)31-27-29-16-20(28)26(32-27)30-21-8-7-19(38-3)14-24(21)33(2)40(5,36)37/h7-8,13-16H,6,9-12H2,1-5H3,(H2,29,30,31,32). The van der Waals surface area contributed by atoms with Gasteiger partial charge in [-0.3, -0.25) is 9.10 Å². The van der Waals surface area contributed by atoms with Crippen LogP contribution in [0, 0.1) is 0 Å². The van der Waals surface area contributed by atoms with Crippen LogP contribution in [0.25, 0.3) is 0 Å². The Hall–Kier alpha value is -3.77. The Morgan fingerprint density at radius 3 is 2.42 bits per heavy atom. The Morgan fingerprint density at radius 2 is 1.80 bits per heavy atom. The number of anilines is 6. The van der Waals surface area contributed by atoms with Crippen molar-refractivity contribution in [1.29, 1.82) is 0 Å². The van der Waals surface area contributed by atoms with Gasteiger partial charge < -0.3 is 25.0 Å². The maximum Gasteiger partial charge on any atom is 0.232 e. The van der Waals surface area contributed by atoms with Gasteiger partial charge in [0.05, 0.1) is 43.7 Å². The summed E-state index contributed by atoms with van der Waals surface area (Å²) in [6.07, 6.45) is 4.42. The number of aromatic nitrogens is 2. The summed E-state index contributed by atoms with van der Waals surface area (Å²) in [5.41, 5.74) is 3.62. The van der Waals surface area contributed by atoms with Crippen molar-refractivity contribution in [2.75, 3.05) is 60.5 Å². The van der Waals surface area contributed by atoms with E-state index in [9.17, 15) is 13.2 Å². The molecule has 2 aromatic carbocycles. The van der Waals surface area contributed by atoms with Crippen LogP contribution in [0.1, 0.15) is 25.3 Å². The highest BCUT2D eigenvalue weighted by Gasteiger charge is 2.22. The minimum Gasteiger partial charge on any atom is -0.497 e. The predicted octanol–water partition coefficient (Wildman–Crippen LogP) is 4.76. The number of nitrogens with one attached hydrogen (secondary N) is 2. The van der Waals surface area contributed by atoms with Crippen LogP contribution in [-0.4, -0.2) is 64.8 Å². The Labute approximate surface area is 239 Å². The van der Waals surface area contributed by atoms with Gasteiger partial charge in [0, 0.05) is 50.8 Å². The highest BCUT2D eigenvalue weighted by Crippen LogP contribution is 2.38. The zero-order valence-electron chi connectivity index (χ0n) is 23.1. The van der Waals surface area contributed by atoms with Crippen molar-refractivity contribution in [3.05, 3.63) is 47.1 Å². The van der Waals surface area contributed by atoms with Gasteiger partial charge in [-0.25, -0.2) is 13.4 Å². The zero-order chi connectivity index (χ0) is 29.0. The molecule has 0 amide bonds. The first-order chi connectivity index (χ1) is 19.0. The lowest BCUT2D eigenvalue weighted by atomic mass is 10.0. The van der Waals surface area contributed by atoms with Crippen molar-refractivity contribution < 1.29 is 22.7 Å². The third-order valence-electron chi connectivity index (χ3n) is 6.73. The molecule has 2 N–H and O–H groups in total. The van der Waals surface area contributed by atoms with E-state index in [2.05, 4.69) is 32.4 Å². The number of carbonyl (C=O) groups excluding carboxylic acids is 1. The summed E-state index contributed by atoms with van der Waals surface area (Å²) in [5, 5.41) is 6.59. The van der Waals surface area contributed by atoms with E-state index in [1.54, 1.807) is 25.3 Å². The highest BCUT2D eigenvalue weighted by atomic mass is 35.5. The Balaban J connectivity index is 1.65. The average molecular weight is 589 g/mol. The molecule has 3 aromatic rings. The SMILES string of the molecule is CCc1cc(Nc2ncc(Cl)c(Nc3ccc(OC)cc3N(C)S(C)(=O)=O)n2)c(OC)cc1N1CCC(=O)CC1. The van der Waals surface area contributed by atoms with Crippen LogP contribution in [0.2, 0.25) is 5.02 Å². The summed E-state index contributed by atoms with van der Waals surface area (Å²) in [5.74, 6) is 1.91. The number of halogens is 1. The number of sulfonamides is 1. The van der Waals surface area contributed by atoms with Gasteiger partial charge in [-0.05, 0) is 30.2 Å². The van der Waals surface area contributed by atoms with E-state index >= 15 is 0 Å². The number of ether oxygens (including phenoxy) is 2. The number of benzene rings is 2. The Morgan fingerprint density at radius 1 is 1.07 bits per heavy atom. The molecule has 11 nitrogen and oxygen atoms in total. The molecule has 0 spiro atoms. The molecular weight excluding hydrogens is 556 g/mol. The fourth-order valence-electron chi connectivity index (χ4n) is 4.40. The van der Waals surface area contributed by atoms with Crippen molar-refractivity contribution in [3.8, 4) is 11.5 Å². The molecule has 0 radical (unpaired) electrons. The monoisotopic (exact) mass is 588 g/mol. The van der Waals surface area contributed by atoms with Crippen LogP contribution >= 0.6 is 11.6 Å². The maximum absolute atomic E-state index is 12.3. The number of methoxy groups -OCH3 is 2. The molecule has 1 fully saturated rings. The van der Waals surface area contributed by atoms with Crippen LogP contribution < -0.4 is 29.3 Å².